The van der Waals surface area contributed by atoms with Crippen molar-refractivity contribution in [3.05, 3.63) is 118 Å². The van der Waals surface area contributed by atoms with Gasteiger partial charge in [0.05, 0.1) is 23.9 Å². The highest BCUT2D eigenvalue weighted by molar-refractivity contribution is 7.90. The number of rotatable bonds is 11. The van der Waals surface area contributed by atoms with Gasteiger partial charge in [-0.2, -0.15) is 0 Å². The van der Waals surface area contributed by atoms with Crippen molar-refractivity contribution in [3.63, 3.8) is 0 Å². The molecule has 1 aliphatic heterocycles. The van der Waals surface area contributed by atoms with Crippen molar-refractivity contribution in [1.29, 1.82) is 0 Å². The largest absolute Gasteiger partial charge is 0.465 e. The lowest BCUT2D eigenvalue weighted by molar-refractivity contribution is 0.0598. The Labute approximate surface area is 336 Å². The first-order chi connectivity index (χ1) is 27.5. The molecule has 12 nitrogen and oxygen atoms in total. The minimum Gasteiger partial charge on any atom is -0.465 e. The fraction of sp³-hybridized carbons (Fsp3) is 0.302. The van der Waals surface area contributed by atoms with E-state index in [4.69, 9.17) is 9.47 Å². The van der Waals surface area contributed by atoms with E-state index in [1.807, 2.05) is 25.1 Å². The van der Waals surface area contributed by atoms with Crippen LogP contribution in [0.5, 0.6) is 11.5 Å². The molecular formula is C43H45N7O5S2. The Balaban J connectivity index is 0.974. The standard InChI is InChI=1S/C43H45N7O5S2/c1-29-6-9-35(10-7-29)57(52,53)50-17-13-30-22-34(26-46-40(30)50)55-38-24-33(8-11-36(38)41(51)54-4)49-20-18-48(19-21-49)27-31-12-14-43(2,3)25-37(31)39-23-32(28-56-39)47-42-44-15-5-16-45-42/h5-11,13,15-17,22-24,26,28H,12,14,18-21,25,27H2,1-4H3,(H,44,45,47). The number of benzene rings is 2. The monoisotopic (exact) mass is 803 g/mol. The summed E-state index contributed by atoms with van der Waals surface area (Å²) < 4.78 is 39.4. The Hall–Kier alpha value is -5.57. The van der Waals surface area contributed by atoms with E-state index in [0.29, 0.717) is 22.8 Å². The molecule has 8 rings (SSSR count). The topological polar surface area (TPSA) is 132 Å². The summed E-state index contributed by atoms with van der Waals surface area (Å²) in [5.74, 6) is 0.766. The number of aromatic nitrogens is 4. The Morgan fingerprint density at radius 3 is 2.49 bits per heavy atom. The van der Waals surface area contributed by atoms with E-state index in [2.05, 4.69) is 55.4 Å². The number of ether oxygens (including phenoxy) is 2. The van der Waals surface area contributed by atoms with Crippen LogP contribution < -0.4 is 15.0 Å². The first kappa shape index (κ1) is 38.3. The van der Waals surface area contributed by atoms with Crippen LogP contribution in [-0.2, 0) is 14.8 Å². The summed E-state index contributed by atoms with van der Waals surface area (Å²) in [6.45, 7) is 11.0. The summed E-state index contributed by atoms with van der Waals surface area (Å²) in [5.41, 5.74) is 6.67. The number of thiophene rings is 1. The zero-order valence-corrected chi connectivity index (χ0v) is 34.1. The highest BCUT2D eigenvalue weighted by atomic mass is 32.2. The number of pyridine rings is 1. The number of carbonyl (C=O) groups is 1. The predicted octanol–water partition coefficient (Wildman–Crippen LogP) is 8.54. The van der Waals surface area contributed by atoms with Crippen LogP contribution in [0.3, 0.4) is 0 Å². The highest BCUT2D eigenvalue weighted by Crippen LogP contribution is 2.45. The molecule has 2 aromatic carbocycles. The normalized spacial score (nSPS) is 16.2. The molecule has 294 valence electrons. The van der Waals surface area contributed by atoms with Gasteiger partial charge in [0.25, 0.3) is 10.0 Å². The Morgan fingerprint density at radius 1 is 0.965 bits per heavy atom. The molecular weight excluding hydrogens is 759 g/mol. The average molecular weight is 804 g/mol. The van der Waals surface area contributed by atoms with Gasteiger partial charge in [0.15, 0.2) is 5.65 Å². The molecule has 0 amide bonds. The maximum absolute atomic E-state index is 13.4. The molecule has 1 fully saturated rings. The Morgan fingerprint density at radius 2 is 1.74 bits per heavy atom. The van der Waals surface area contributed by atoms with Gasteiger partial charge in [-0.3, -0.25) is 4.90 Å². The number of methoxy groups -OCH3 is 1. The number of nitrogens with one attached hydrogen (secondary N) is 1. The van der Waals surface area contributed by atoms with Gasteiger partial charge in [-0.05, 0) is 85.7 Å². The van der Waals surface area contributed by atoms with Crippen LogP contribution in [-0.4, -0.2) is 78.0 Å². The van der Waals surface area contributed by atoms with Crippen LogP contribution in [0.1, 0.15) is 53.9 Å². The Bertz CT molecular complexity index is 2560. The lowest BCUT2D eigenvalue weighted by Crippen LogP contribution is -2.47. The molecule has 1 aliphatic carbocycles. The second-order valence-corrected chi connectivity index (χ2v) is 18.1. The minimum atomic E-state index is -3.86. The number of aryl methyl sites for hydroxylation is 1. The van der Waals surface area contributed by atoms with Gasteiger partial charge >= 0.3 is 5.97 Å². The summed E-state index contributed by atoms with van der Waals surface area (Å²) in [6.07, 6.45) is 9.71. The van der Waals surface area contributed by atoms with Crippen LogP contribution >= 0.6 is 11.3 Å². The van der Waals surface area contributed by atoms with Crippen LogP contribution in [0.15, 0.2) is 107 Å². The molecule has 0 saturated carbocycles. The van der Waals surface area contributed by atoms with Crippen LogP contribution in [0.25, 0.3) is 16.6 Å². The minimum absolute atomic E-state index is 0.175. The molecule has 1 N–H and O–H groups in total. The summed E-state index contributed by atoms with van der Waals surface area (Å²) in [5, 5.41) is 6.06. The fourth-order valence-corrected chi connectivity index (χ4v) is 9.75. The number of fused-ring (bicyclic) bond motifs is 1. The number of piperazine rings is 1. The van der Waals surface area contributed by atoms with Gasteiger partial charge < -0.3 is 19.7 Å². The molecule has 0 spiro atoms. The summed E-state index contributed by atoms with van der Waals surface area (Å²) >= 11 is 1.77. The van der Waals surface area contributed by atoms with E-state index in [-0.39, 0.29) is 21.5 Å². The molecule has 2 aliphatic rings. The molecule has 57 heavy (non-hydrogen) atoms. The number of hydrogen-bond acceptors (Lipinski definition) is 12. The summed E-state index contributed by atoms with van der Waals surface area (Å²) in [6, 6.07) is 19.7. The maximum Gasteiger partial charge on any atom is 0.341 e. The second kappa shape index (κ2) is 15.8. The Kier molecular flexibility index (Phi) is 10.6. The quantitative estimate of drug-likeness (QED) is 0.126. The van der Waals surface area contributed by atoms with Crippen molar-refractivity contribution in [2.75, 3.05) is 50.1 Å². The molecule has 0 radical (unpaired) electrons. The molecule has 0 atom stereocenters. The zero-order valence-electron chi connectivity index (χ0n) is 32.4. The van der Waals surface area contributed by atoms with Crippen molar-refractivity contribution in [2.45, 2.75) is 44.9 Å². The highest BCUT2D eigenvalue weighted by Gasteiger charge is 2.30. The summed E-state index contributed by atoms with van der Waals surface area (Å²) in [7, 11) is -2.52. The fourth-order valence-electron chi connectivity index (χ4n) is 7.51. The molecule has 4 aromatic heterocycles. The maximum atomic E-state index is 13.4. The van der Waals surface area contributed by atoms with Crippen LogP contribution in [0.2, 0.25) is 0 Å². The first-order valence-electron chi connectivity index (χ1n) is 19.0. The summed E-state index contributed by atoms with van der Waals surface area (Å²) in [4.78, 5) is 32.3. The molecule has 14 heteroatoms. The van der Waals surface area contributed by atoms with Gasteiger partial charge in [0.1, 0.15) is 17.1 Å². The lowest BCUT2D eigenvalue weighted by Gasteiger charge is -2.39. The molecule has 0 bridgehead atoms. The lowest BCUT2D eigenvalue weighted by atomic mass is 9.74. The number of hydrogen-bond donors (Lipinski definition) is 1. The van der Waals surface area contributed by atoms with Crippen molar-refractivity contribution in [3.8, 4) is 11.5 Å². The average Bonchev–Trinajstić information content (AvgIpc) is 3.87. The van der Waals surface area contributed by atoms with Gasteiger partial charge in [0.2, 0.25) is 5.95 Å². The van der Waals surface area contributed by atoms with Gasteiger partial charge in [-0.1, -0.05) is 37.1 Å². The zero-order chi connectivity index (χ0) is 39.7. The van der Waals surface area contributed by atoms with Crippen LogP contribution in [0, 0.1) is 12.3 Å². The van der Waals surface area contributed by atoms with Gasteiger partial charge in [-0.15, -0.1) is 11.3 Å². The SMILES string of the molecule is COC(=O)c1ccc(N2CCN(CC3=C(c4cc(Nc5ncccn5)cs4)CC(C)(C)CC3)CC2)cc1Oc1cnc2c(ccn2S(=O)(=O)c2ccc(C)cc2)c1. The smallest absolute Gasteiger partial charge is 0.341 e. The number of anilines is 3. The van der Waals surface area contributed by atoms with Crippen molar-refractivity contribution in [2.24, 2.45) is 5.41 Å². The van der Waals surface area contributed by atoms with E-state index in [1.165, 1.54) is 39.5 Å². The number of allylic oxidation sites excluding steroid dienone is 1. The molecule has 0 unspecified atom stereocenters. The number of carbonyl (C=O) groups excluding carboxylic acids is 1. The van der Waals surface area contributed by atoms with E-state index in [9.17, 15) is 13.2 Å². The van der Waals surface area contributed by atoms with Crippen LogP contribution in [0.4, 0.5) is 17.3 Å². The number of esters is 1. The second-order valence-electron chi connectivity index (χ2n) is 15.4. The third-order valence-corrected chi connectivity index (χ3v) is 13.4. The van der Waals surface area contributed by atoms with Crippen molar-refractivity contribution in [1.82, 2.24) is 23.8 Å². The molecule has 6 aromatic rings. The van der Waals surface area contributed by atoms with Crippen molar-refractivity contribution >= 4 is 61.3 Å². The van der Waals surface area contributed by atoms with Gasteiger partial charge in [0, 0.05) is 78.7 Å². The number of nitrogens with zero attached hydrogens (tertiary/aromatic N) is 6. The predicted molar refractivity (Wildman–Crippen MR) is 224 cm³/mol. The van der Waals surface area contributed by atoms with E-state index < -0.39 is 16.0 Å². The molecule has 1 saturated heterocycles. The van der Waals surface area contributed by atoms with E-state index >= 15 is 0 Å². The third-order valence-electron chi connectivity index (χ3n) is 10.7. The van der Waals surface area contributed by atoms with E-state index in [1.54, 1.807) is 66.2 Å². The van der Waals surface area contributed by atoms with Gasteiger partial charge in [-0.25, -0.2) is 32.1 Å². The third kappa shape index (κ3) is 8.29. The van der Waals surface area contributed by atoms with E-state index in [0.717, 1.165) is 68.9 Å². The first-order valence-corrected chi connectivity index (χ1v) is 21.3. The van der Waals surface area contributed by atoms with Crippen molar-refractivity contribution < 1.29 is 22.7 Å². The molecule has 5 heterocycles.